The predicted molar refractivity (Wildman–Crippen MR) is 54.7 cm³/mol. The second-order valence-corrected chi connectivity index (χ2v) is 3.31. The highest BCUT2D eigenvalue weighted by Gasteiger charge is 2.08. The van der Waals surface area contributed by atoms with Crippen LogP contribution in [0.4, 0.5) is 4.39 Å². The molecule has 0 N–H and O–H groups in total. The van der Waals surface area contributed by atoms with Crippen molar-refractivity contribution in [2.75, 3.05) is 0 Å². The van der Waals surface area contributed by atoms with Crippen LogP contribution in [0.2, 0.25) is 0 Å². The minimum atomic E-state index is -0.313. The van der Waals surface area contributed by atoms with Gasteiger partial charge in [-0.05, 0) is 12.1 Å². The Kier molecular flexibility index (Phi) is 2.35. The Labute approximate surface area is 85.8 Å². The van der Waals surface area contributed by atoms with Crippen LogP contribution in [0, 0.1) is 5.82 Å². The van der Waals surface area contributed by atoms with Crippen LogP contribution < -0.4 is 0 Å². The van der Waals surface area contributed by atoms with Gasteiger partial charge in [0.1, 0.15) is 5.82 Å². The zero-order valence-electron chi connectivity index (χ0n) is 8.20. The van der Waals surface area contributed by atoms with E-state index in [9.17, 15) is 9.18 Å². The van der Waals surface area contributed by atoms with Crippen LogP contribution in [-0.4, -0.2) is 10.6 Å². The molecule has 15 heavy (non-hydrogen) atoms. The summed E-state index contributed by atoms with van der Waals surface area (Å²) >= 11 is 0. The van der Waals surface area contributed by atoms with E-state index in [1.807, 2.05) is 17.7 Å². The monoisotopic (exact) mass is 204 g/mol. The fourth-order valence-corrected chi connectivity index (χ4v) is 1.60. The van der Waals surface area contributed by atoms with E-state index in [0.29, 0.717) is 10.9 Å². The first-order valence-electron chi connectivity index (χ1n) is 4.50. The molecule has 2 aromatic rings. The van der Waals surface area contributed by atoms with Gasteiger partial charge in [0.25, 0.3) is 0 Å². The van der Waals surface area contributed by atoms with Crippen LogP contribution >= 0.6 is 0 Å². The Morgan fingerprint density at radius 2 is 2.27 bits per heavy atom. The zero-order valence-corrected chi connectivity index (χ0v) is 8.20. The van der Waals surface area contributed by atoms with Gasteiger partial charge < -0.3 is 4.57 Å². The Hall–Kier alpha value is -1.93. The third-order valence-corrected chi connectivity index (χ3v) is 2.40. The second kappa shape index (κ2) is 3.67. The number of halogens is 1. The molecule has 0 spiro atoms. The molecule has 1 aromatic heterocycles. The molecule has 2 rings (SSSR count). The molecule has 1 heterocycles. The van der Waals surface area contributed by atoms with Crippen LogP contribution in [0.3, 0.4) is 0 Å². The van der Waals surface area contributed by atoms with Gasteiger partial charge in [-0.25, -0.2) is 14.2 Å². The average Bonchev–Trinajstić information content (AvgIpc) is 2.61. The lowest BCUT2D eigenvalue weighted by Gasteiger charge is -2.01. The summed E-state index contributed by atoms with van der Waals surface area (Å²) in [6.07, 6.45) is 3.19. The van der Waals surface area contributed by atoms with Crippen LogP contribution in [0.1, 0.15) is 5.56 Å². The van der Waals surface area contributed by atoms with Crippen molar-refractivity contribution >= 4 is 17.0 Å². The SMILES string of the molecule is Cn1ccc2c(F)c(CN=C=O)ccc21. The number of aryl methyl sites for hydroxylation is 1. The minimum absolute atomic E-state index is 0.0418. The lowest BCUT2D eigenvalue weighted by Crippen LogP contribution is -1.91. The number of nitrogens with zero attached hydrogens (tertiary/aromatic N) is 2. The quantitative estimate of drug-likeness (QED) is 0.545. The Morgan fingerprint density at radius 1 is 1.47 bits per heavy atom. The minimum Gasteiger partial charge on any atom is -0.350 e. The van der Waals surface area contributed by atoms with Crippen molar-refractivity contribution in [2.24, 2.45) is 12.0 Å². The lowest BCUT2D eigenvalue weighted by atomic mass is 10.1. The van der Waals surface area contributed by atoms with Crippen LogP contribution in [-0.2, 0) is 18.4 Å². The molecular weight excluding hydrogens is 195 g/mol. The number of hydrogen-bond donors (Lipinski definition) is 0. The number of hydrogen-bond acceptors (Lipinski definition) is 2. The van der Waals surface area contributed by atoms with E-state index in [2.05, 4.69) is 4.99 Å². The number of benzene rings is 1. The average molecular weight is 204 g/mol. The standard InChI is InChI=1S/C11H9FN2O/c1-14-5-4-9-10(14)3-2-8(11(9)12)6-13-7-15/h2-5H,6H2,1H3. The second-order valence-electron chi connectivity index (χ2n) is 3.31. The summed E-state index contributed by atoms with van der Waals surface area (Å²) in [4.78, 5) is 13.3. The van der Waals surface area contributed by atoms with Crippen molar-refractivity contribution in [1.82, 2.24) is 4.57 Å². The van der Waals surface area contributed by atoms with Crippen LogP contribution in [0.25, 0.3) is 10.9 Å². The predicted octanol–water partition coefficient (Wildman–Crippen LogP) is 2.15. The molecule has 0 amide bonds. The van der Waals surface area contributed by atoms with Crippen molar-refractivity contribution in [1.29, 1.82) is 0 Å². The van der Waals surface area contributed by atoms with E-state index < -0.39 is 0 Å². The van der Waals surface area contributed by atoms with Crippen LogP contribution in [0.15, 0.2) is 29.4 Å². The molecule has 0 aliphatic rings. The highest BCUT2D eigenvalue weighted by Crippen LogP contribution is 2.22. The summed E-state index contributed by atoms with van der Waals surface area (Å²) in [6.45, 7) is 0.0418. The fraction of sp³-hybridized carbons (Fsp3) is 0.182. The molecule has 4 heteroatoms. The number of rotatable bonds is 2. The molecule has 0 aliphatic heterocycles. The highest BCUT2D eigenvalue weighted by atomic mass is 19.1. The van der Waals surface area contributed by atoms with Crippen molar-refractivity contribution in [2.45, 2.75) is 6.54 Å². The van der Waals surface area contributed by atoms with Gasteiger partial charge in [0.2, 0.25) is 6.08 Å². The largest absolute Gasteiger partial charge is 0.350 e. The van der Waals surface area contributed by atoms with E-state index in [-0.39, 0.29) is 12.4 Å². The van der Waals surface area contributed by atoms with Crippen molar-refractivity contribution in [3.8, 4) is 0 Å². The number of carbonyl (C=O) groups excluding carboxylic acids is 1. The molecule has 3 nitrogen and oxygen atoms in total. The van der Waals surface area contributed by atoms with Gasteiger partial charge in [-0.3, -0.25) is 0 Å². The molecular formula is C11H9FN2O. The Bertz CT molecular complexity index is 553. The molecule has 0 radical (unpaired) electrons. The zero-order chi connectivity index (χ0) is 10.8. The van der Waals surface area contributed by atoms with E-state index in [1.54, 1.807) is 18.3 Å². The first-order chi connectivity index (χ1) is 7.24. The molecule has 0 saturated heterocycles. The van der Waals surface area contributed by atoms with Gasteiger partial charge in [-0.2, -0.15) is 0 Å². The fourth-order valence-electron chi connectivity index (χ4n) is 1.60. The maximum atomic E-state index is 13.8. The van der Waals surface area contributed by atoms with E-state index >= 15 is 0 Å². The van der Waals surface area contributed by atoms with Gasteiger partial charge in [-0.15, -0.1) is 0 Å². The molecule has 0 bridgehead atoms. The first-order valence-corrected chi connectivity index (χ1v) is 4.50. The first kappa shape index (κ1) is 9.62. The molecule has 0 atom stereocenters. The Morgan fingerprint density at radius 3 is 3.00 bits per heavy atom. The van der Waals surface area contributed by atoms with Crippen LogP contribution in [0.5, 0.6) is 0 Å². The maximum absolute atomic E-state index is 13.8. The molecule has 0 aliphatic carbocycles. The van der Waals surface area contributed by atoms with Crippen molar-refractivity contribution < 1.29 is 9.18 Å². The van der Waals surface area contributed by atoms with Crippen molar-refractivity contribution in [3.63, 3.8) is 0 Å². The lowest BCUT2D eigenvalue weighted by molar-refractivity contribution is 0.562. The normalized spacial score (nSPS) is 10.3. The summed E-state index contributed by atoms with van der Waals surface area (Å²) in [5.41, 5.74) is 1.24. The van der Waals surface area contributed by atoms with Gasteiger partial charge in [0.05, 0.1) is 12.1 Å². The van der Waals surface area contributed by atoms with Crippen molar-refractivity contribution in [3.05, 3.63) is 35.8 Å². The highest BCUT2D eigenvalue weighted by molar-refractivity contribution is 5.81. The molecule has 0 saturated carbocycles. The topological polar surface area (TPSA) is 34.4 Å². The summed E-state index contributed by atoms with van der Waals surface area (Å²) in [5, 5.41) is 0.552. The third kappa shape index (κ3) is 1.55. The summed E-state index contributed by atoms with van der Waals surface area (Å²) < 4.78 is 15.6. The number of aliphatic imine (C=N–C) groups is 1. The molecule has 0 fully saturated rings. The Balaban J connectivity index is 2.60. The van der Waals surface area contributed by atoms with Gasteiger partial charge >= 0.3 is 0 Å². The summed E-state index contributed by atoms with van der Waals surface area (Å²) in [5.74, 6) is -0.313. The third-order valence-electron chi connectivity index (χ3n) is 2.40. The molecule has 1 aromatic carbocycles. The van der Waals surface area contributed by atoms with E-state index in [1.165, 1.54) is 6.08 Å². The van der Waals surface area contributed by atoms with Gasteiger partial charge in [0.15, 0.2) is 0 Å². The molecule has 76 valence electrons. The number of fused-ring (bicyclic) bond motifs is 1. The molecule has 0 unspecified atom stereocenters. The smallest absolute Gasteiger partial charge is 0.235 e. The summed E-state index contributed by atoms with van der Waals surface area (Å²) in [6, 6.07) is 5.16. The number of isocyanates is 1. The van der Waals surface area contributed by atoms with Gasteiger partial charge in [0, 0.05) is 24.2 Å². The number of aromatic nitrogens is 1. The van der Waals surface area contributed by atoms with E-state index in [4.69, 9.17) is 0 Å². The van der Waals surface area contributed by atoms with Gasteiger partial charge in [-0.1, -0.05) is 6.07 Å². The summed E-state index contributed by atoms with van der Waals surface area (Å²) in [7, 11) is 1.85. The maximum Gasteiger partial charge on any atom is 0.235 e. The van der Waals surface area contributed by atoms with E-state index in [0.717, 1.165) is 5.52 Å².